The van der Waals surface area contributed by atoms with Gasteiger partial charge in [0.1, 0.15) is 0 Å². The predicted octanol–water partition coefficient (Wildman–Crippen LogP) is 1.15. The van der Waals surface area contributed by atoms with Gasteiger partial charge in [0.15, 0.2) is 5.69 Å². The number of carbonyl (C=O) groups excluding carboxylic acids is 1. The summed E-state index contributed by atoms with van der Waals surface area (Å²) >= 11 is 0. The first-order valence-electron chi connectivity index (χ1n) is 6.17. The van der Waals surface area contributed by atoms with Gasteiger partial charge in [-0.15, -0.1) is 0 Å². The second-order valence-corrected chi connectivity index (χ2v) is 4.66. The normalized spacial score (nSPS) is 11.8. The molecule has 1 aromatic carbocycles. The smallest absolute Gasteiger partial charge is 0.274 e. The average molecular weight is 270 g/mol. The molecule has 0 bridgehead atoms. The molecular weight excluding hydrogens is 256 g/mol. The molecule has 0 spiro atoms. The minimum absolute atomic E-state index is 0.188. The highest BCUT2D eigenvalue weighted by Crippen LogP contribution is 2.14. The molecular formula is C14H14N4O2. The first-order valence-corrected chi connectivity index (χ1v) is 6.17. The third-order valence-corrected chi connectivity index (χ3v) is 3.01. The molecule has 0 saturated carbocycles. The number of aromatic nitrogens is 2. The van der Waals surface area contributed by atoms with E-state index in [0.29, 0.717) is 17.3 Å². The van der Waals surface area contributed by atoms with Crippen LogP contribution in [0.3, 0.4) is 0 Å². The molecule has 20 heavy (non-hydrogen) atoms. The van der Waals surface area contributed by atoms with E-state index >= 15 is 0 Å². The number of nitriles is 1. The summed E-state index contributed by atoms with van der Waals surface area (Å²) in [5, 5.41) is 15.9. The van der Waals surface area contributed by atoms with Gasteiger partial charge in [0, 0.05) is 19.0 Å². The summed E-state index contributed by atoms with van der Waals surface area (Å²) < 4.78 is 0. The Hall–Kier alpha value is -2.68. The van der Waals surface area contributed by atoms with Gasteiger partial charge in [0.25, 0.3) is 11.5 Å². The topological polar surface area (TPSA) is 89.8 Å². The molecule has 0 aliphatic carbocycles. The fourth-order valence-corrected chi connectivity index (χ4v) is 1.99. The summed E-state index contributed by atoms with van der Waals surface area (Å²) in [7, 11) is 1.61. The highest BCUT2D eigenvalue weighted by Gasteiger charge is 2.19. The molecule has 1 N–H and O–H groups in total. The number of nitrogens with zero attached hydrogens (tertiary/aromatic N) is 3. The second kappa shape index (κ2) is 5.53. The molecule has 1 amide bonds. The third-order valence-electron chi connectivity index (χ3n) is 3.01. The van der Waals surface area contributed by atoms with Crippen molar-refractivity contribution in [1.82, 2.24) is 15.1 Å². The van der Waals surface area contributed by atoms with Gasteiger partial charge in [-0.1, -0.05) is 18.2 Å². The van der Waals surface area contributed by atoms with Gasteiger partial charge in [-0.25, -0.2) is 5.10 Å². The molecule has 0 aliphatic heterocycles. The summed E-state index contributed by atoms with van der Waals surface area (Å²) in [6.07, 6.45) is 0. The Balaban J connectivity index is 2.44. The standard InChI is InChI=1S/C14H14N4O2/c1-9(7-15)8-18(2)14(20)12-10-5-3-4-6-11(10)13(19)17-16-12/h3-6,9H,8H2,1-2H3,(H,17,19). The molecule has 6 nitrogen and oxygen atoms in total. The first kappa shape index (κ1) is 13.7. The Bertz CT molecular complexity index is 745. The van der Waals surface area contributed by atoms with E-state index < -0.39 is 0 Å². The molecule has 0 radical (unpaired) electrons. The zero-order valence-corrected chi connectivity index (χ0v) is 11.3. The van der Waals surface area contributed by atoms with E-state index in [1.54, 1.807) is 38.2 Å². The maximum Gasteiger partial charge on any atom is 0.274 e. The number of nitrogens with one attached hydrogen (secondary N) is 1. The van der Waals surface area contributed by atoms with Crippen LogP contribution in [-0.2, 0) is 0 Å². The lowest BCUT2D eigenvalue weighted by Gasteiger charge is -2.18. The Morgan fingerprint density at radius 1 is 1.45 bits per heavy atom. The van der Waals surface area contributed by atoms with Gasteiger partial charge in [-0.05, 0) is 13.0 Å². The number of H-pyrrole nitrogens is 1. The van der Waals surface area contributed by atoms with Crippen LogP contribution < -0.4 is 5.56 Å². The van der Waals surface area contributed by atoms with E-state index in [9.17, 15) is 9.59 Å². The number of benzene rings is 1. The van der Waals surface area contributed by atoms with E-state index in [4.69, 9.17) is 5.26 Å². The monoisotopic (exact) mass is 270 g/mol. The quantitative estimate of drug-likeness (QED) is 0.906. The second-order valence-electron chi connectivity index (χ2n) is 4.66. The van der Waals surface area contributed by atoms with Crippen LogP contribution in [0.4, 0.5) is 0 Å². The molecule has 102 valence electrons. The van der Waals surface area contributed by atoms with Crippen molar-refractivity contribution < 1.29 is 4.79 Å². The molecule has 1 aromatic heterocycles. The fourth-order valence-electron chi connectivity index (χ4n) is 1.99. The van der Waals surface area contributed by atoms with Crippen LogP contribution in [0.25, 0.3) is 10.8 Å². The largest absolute Gasteiger partial charge is 0.339 e. The van der Waals surface area contributed by atoms with Crippen LogP contribution in [0.15, 0.2) is 29.1 Å². The van der Waals surface area contributed by atoms with E-state index in [0.717, 1.165) is 0 Å². The molecule has 0 saturated heterocycles. The van der Waals surface area contributed by atoms with Crippen molar-refractivity contribution in [2.75, 3.05) is 13.6 Å². The molecule has 2 rings (SSSR count). The van der Waals surface area contributed by atoms with Crippen LogP contribution in [0.1, 0.15) is 17.4 Å². The van der Waals surface area contributed by atoms with Crippen LogP contribution >= 0.6 is 0 Å². The Kier molecular flexibility index (Phi) is 3.80. The number of hydrogen-bond acceptors (Lipinski definition) is 4. The van der Waals surface area contributed by atoms with Crippen LogP contribution in [-0.4, -0.2) is 34.6 Å². The summed E-state index contributed by atoms with van der Waals surface area (Å²) in [6, 6.07) is 8.88. The zero-order chi connectivity index (χ0) is 14.7. The lowest BCUT2D eigenvalue weighted by atomic mass is 10.1. The summed E-state index contributed by atoms with van der Waals surface area (Å²) in [5.74, 6) is -0.586. The first-order chi connectivity index (χ1) is 9.54. The number of hydrogen-bond donors (Lipinski definition) is 1. The summed E-state index contributed by atoms with van der Waals surface area (Å²) in [5.41, 5.74) is -0.141. The van der Waals surface area contributed by atoms with Gasteiger partial charge in [0.05, 0.1) is 17.4 Å². The number of fused-ring (bicyclic) bond motifs is 1. The van der Waals surface area contributed by atoms with Crippen molar-refractivity contribution in [2.45, 2.75) is 6.92 Å². The number of rotatable bonds is 3. The van der Waals surface area contributed by atoms with Crippen LogP contribution in [0.2, 0.25) is 0 Å². The van der Waals surface area contributed by atoms with Crippen molar-refractivity contribution in [3.8, 4) is 6.07 Å². The van der Waals surface area contributed by atoms with Crippen molar-refractivity contribution in [2.24, 2.45) is 5.92 Å². The third kappa shape index (κ3) is 2.52. The molecule has 0 aliphatic rings. The van der Waals surface area contributed by atoms with Crippen molar-refractivity contribution >= 4 is 16.7 Å². The highest BCUT2D eigenvalue weighted by molar-refractivity contribution is 6.04. The molecule has 6 heteroatoms. The van der Waals surface area contributed by atoms with Crippen molar-refractivity contribution in [3.05, 3.63) is 40.3 Å². The van der Waals surface area contributed by atoms with Gasteiger partial charge < -0.3 is 4.90 Å². The number of carbonyl (C=O) groups is 1. The molecule has 1 heterocycles. The van der Waals surface area contributed by atoms with Crippen LogP contribution in [0.5, 0.6) is 0 Å². The van der Waals surface area contributed by atoms with Gasteiger partial charge in [0.2, 0.25) is 0 Å². The minimum atomic E-state index is -0.329. The molecule has 1 unspecified atom stereocenters. The molecule has 1 atom stereocenters. The predicted molar refractivity (Wildman–Crippen MR) is 74.1 cm³/mol. The average Bonchev–Trinajstić information content (AvgIpc) is 2.47. The lowest BCUT2D eigenvalue weighted by Crippen LogP contribution is -2.32. The maximum atomic E-state index is 12.4. The van der Waals surface area contributed by atoms with Gasteiger partial charge in [-0.2, -0.15) is 10.4 Å². The fraction of sp³-hybridized carbons (Fsp3) is 0.286. The SMILES string of the molecule is CC(C#N)CN(C)C(=O)c1n[nH]c(=O)c2ccccc12. The van der Waals surface area contributed by atoms with E-state index in [1.807, 2.05) is 0 Å². The van der Waals surface area contributed by atoms with E-state index in [-0.39, 0.29) is 23.1 Å². The van der Waals surface area contributed by atoms with E-state index in [1.165, 1.54) is 4.90 Å². The number of aromatic amines is 1. The number of amides is 1. The van der Waals surface area contributed by atoms with E-state index in [2.05, 4.69) is 16.3 Å². The summed E-state index contributed by atoms with van der Waals surface area (Å²) in [4.78, 5) is 25.4. The molecule has 2 aromatic rings. The maximum absolute atomic E-state index is 12.4. The van der Waals surface area contributed by atoms with Crippen molar-refractivity contribution in [3.63, 3.8) is 0 Å². The Labute approximate surface area is 115 Å². The van der Waals surface area contributed by atoms with Gasteiger partial charge in [-0.3, -0.25) is 9.59 Å². The Morgan fingerprint density at radius 3 is 2.75 bits per heavy atom. The van der Waals surface area contributed by atoms with Crippen molar-refractivity contribution in [1.29, 1.82) is 5.26 Å². The zero-order valence-electron chi connectivity index (χ0n) is 11.3. The lowest BCUT2D eigenvalue weighted by molar-refractivity contribution is 0.0780. The minimum Gasteiger partial charge on any atom is -0.339 e. The Morgan fingerprint density at radius 2 is 2.10 bits per heavy atom. The summed E-state index contributed by atoms with van der Waals surface area (Å²) in [6.45, 7) is 2.05. The van der Waals surface area contributed by atoms with Gasteiger partial charge >= 0.3 is 0 Å². The molecule has 0 fully saturated rings. The highest BCUT2D eigenvalue weighted by atomic mass is 16.2. The van der Waals surface area contributed by atoms with Crippen LogP contribution in [0, 0.1) is 17.2 Å².